The monoisotopic (exact) mass is 438 g/mol. The molecule has 2 heterocycles. The topological polar surface area (TPSA) is 157 Å². The first-order valence-corrected chi connectivity index (χ1v) is 9.76. The van der Waals surface area contributed by atoms with Crippen LogP contribution < -0.4 is 0 Å². The van der Waals surface area contributed by atoms with Crippen LogP contribution in [0, 0.1) is 10.1 Å². The van der Waals surface area contributed by atoms with Crippen LogP contribution in [0.5, 0.6) is 11.8 Å². The van der Waals surface area contributed by atoms with Gasteiger partial charge in [-0.2, -0.15) is 0 Å². The average Bonchev–Trinajstić information content (AvgIpc) is 3.40. The summed E-state index contributed by atoms with van der Waals surface area (Å²) in [5.74, 6) is -2.12. The summed E-state index contributed by atoms with van der Waals surface area (Å²) in [5, 5.41) is 39.1. The zero-order valence-corrected chi connectivity index (χ0v) is 16.7. The van der Waals surface area contributed by atoms with E-state index in [1.54, 1.807) is 0 Å². The van der Waals surface area contributed by atoms with Gasteiger partial charge < -0.3 is 14.9 Å². The number of nitrogens with zero attached hydrogens (tertiary/aromatic N) is 4. The summed E-state index contributed by atoms with van der Waals surface area (Å²) in [7, 11) is 0. The van der Waals surface area contributed by atoms with Crippen molar-refractivity contribution in [3.8, 4) is 11.8 Å². The molecular weight excluding hydrogens is 420 g/mol. The first kappa shape index (κ1) is 21.1. The fourth-order valence-electron chi connectivity index (χ4n) is 3.57. The number of hydrogen-bond donors (Lipinski definition) is 2. The van der Waals surface area contributed by atoms with Gasteiger partial charge >= 0.3 is 0 Å². The second-order valence-corrected chi connectivity index (χ2v) is 7.27. The standard InChI is InChI=1S/C21H18N4O7/c26-18(12-3-1-4-14(9-12)25(30)31)22-23-19(27)13-6-7-16-17(10-13)21(29)24(20(16)28)11-15-5-2-8-32-15/h1,3-4,6-7,9-10,15,28-29H,2,5,8,11H2/t15-/m0/s1. The van der Waals surface area contributed by atoms with Crippen molar-refractivity contribution in [2.45, 2.75) is 25.5 Å². The summed E-state index contributed by atoms with van der Waals surface area (Å²) in [5.41, 5.74) is -0.330. The molecule has 1 aliphatic heterocycles. The van der Waals surface area contributed by atoms with E-state index in [1.165, 1.54) is 41.0 Å². The molecule has 2 N–H and O–H groups in total. The number of carbonyl (C=O) groups is 2. The molecular formula is C21H18N4O7. The number of fused-ring (bicyclic) bond motifs is 1. The molecule has 1 fully saturated rings. The number of carbonyl (C=O) groups excluding carboxylic acids is 2. The van der Waals surface area contributed by atoms with Gasteiger partial charge in [-0.25, -0.2) is 0 Å². The summed E-state index contributed by atoms with van der Waals surface area (Å²) in [6.07, 6.45) is 1.60. The number of azo groups is 1. The van der Waals surface area contributed by atoms with E-state index >= 15 is 0 Å². The van der Waals surface area contributed by atoms with Gasteiger partial charge in [0, 0.05) is 35.1 Å². The Morgan fingerprint density at radius 2 is 1.75 bits per heavy atom. The minimum atomic E-state index is -0.911. The third kappa shape index (κ3) is 4.05. The van der Waals surface area contributed by atoms with Gasteiger partial charge in [0.05, 0.1) is 23.1 Å². The highest BCUT2D eigenvalue weighted by molar-refractivity contribution is 6.03. The van der Waals surface area contributed by atoms with Crippen LogP contribution >= 0.6 is 0 Å². The van der Waals surface area contributed by atoms with Crippen molar-refractivity contribution >= 4 is 28.3 Å². The highest BCUT2D eigenvalue weighted by Gasteiger charge is 2.23. The van der Waals surface area contributed by atoms with Crippen molar-refractivity contribution in [3.05, 3.63) is 63.7 Å². The molecule has 0 radical (unpaired) electrons. The molecule has 0 unspecified atom stereocenters. The van der Waals surface area contributed by atoms with E-state index in [-0.39, 0.29) is 46.6 Å². The van der Waals surface area contributed by atoms with Crippen LogP contribution in [0.3, 0.4) is 0 Å². The zero-order valence-electron chi connectivity index (χ0n) is 16.7. The number of benzene rings is 2. The molecule has 1 saturated heterocycles. The zero-order chi connectivity index (χ0) is 22.8. The lowest BCUT2D eigenvalue weighted by atomic mass is 10.1. The maximum absolute atomic E-state index is 12.4. The maximum atomic E-state index is 12.4. The molecule has 32 heavy (non-hydrogen) atoms. The highest BCUT2D eigenvalue weighted by Crippen LogP contribution is 2.37. The molecule has 0 bridgehead atoms. The van der Waals surface area contributed by atoms with Crippen LogP contribution in [0.2, 0.25) is 0 Å². The van der Waals surface area contributed by atoms with Crippen molar-refractivity contribution in [1.29, 1.82) is 0 Å². The van der Waals surface area contributed by atoms with E-state index < -0.39 is 16.7 Å². The smallest absolute Gasteiger partial charge is 0.295 e. The van der Waals surface area contributed by atoms with Crippen molar-refractivity contribution < 1.29 is 29.5 Å². The number of non-ortho nitro benzene ring substituents is 1. The number of nitro groups is 1. The summed E-state index contributed by atoms with van der Waals surface area (Å²) < 4.78 is 6.86. The van der Waals surface area contributed by atoms with Crippen LogP contribution in [-0.2, 0) is 11.3 Å². The van der Waals surface area contributed by atoms with Gasteiger partial charge in [-0.05, 0) is 37.1 Å². The first-order chi connectivity index (χ1) is 15.3. The van der Waals surface area contributed by atoms with E-state index in [0.717, 1.165) is 18.9 Å². The van der Waals surface area contributed by atoms with Crippen molar-refractivity contribution in [2.24, 2.45) is 10.2 Å². The minimum Gasteiger partial charge on any atom is -0.494 e. The number of ether oxygens (including phenoxy) is 1. The van der Waals surface area contributed by atoms with Crippen LogP contribution in [-0.4, -0.2) is 44.2 Å². The summed E-state index contributed by atoms with van der Waals surface area (Å²) >= 11 is 0. The fourth-order valence-corrected chi connectivity index (χ4v) is 3.57. The van der Waals surface area contributed by atoms with Gasteiger partial charge in [0.1, 0.15) is 0 Å². The largest absolute Gasteiger partial charge is 0.494 e. The van der Waals surface area contributed by atoms with Crippen LogP contribution in [0.15, 0.2) is 52.7 Å². The Balaban J connectivity index is 1.56. The Morgan fingerprint density at radius 1 is 1.06 bits per heavy atom. The van der Waals surface area contributed by atoms with Gasteiger partial charge in [-0.1, -0.05) is 6.07 Å². The fraction of sp³-hybridized carbons (Fsp3) is 0.238. The lowest BCUT2D eigenvalue weighted by Crippen LogP contribution is -2.14. The number of aromatic nitrogens is 1. The Hall–Kier alpha value is -4.12. The molecule has 2 aromatic carbocycles. The molecule has 1 aromatic heterocycles. The van der Waals surface area contributed by atoms with Gasteiger partial charge in [0.2, 0.25) is 11.8 Å². The molecule has 11 heteroatoms. The van der Waals surface area contributed by atoms with Crippen LogP contribution in [0.25, 0.3) is 10.8 Å². The summed E-state index contributed by atoms with van der Waals surface area (Å²) in [4.78, 5) is 34.7. The van der Waals surface area contributed by atoms with E-state index in [0.29, 0.717) is 12.0 Å². The molecule has 1 atom stereocenters. The Kier molecular flexibility index (Phi) is 5.65. The normalized spacial score (nSPS) is 16.1. The van der Waals surface area contributed by atoms with E-state index in [2.05, 4.69) is 10.2 Å². The van der Waals surface area contributed by atoms with E-state index in [9.17, 15) is 29.9 Å². The van der Waals surface area contributed by atoms with Crippen molar-refractivity contribution in [1.82, 2.24) is 4.57 Å². The SMILES string of the molecule is O=C(N=NC(=O)c1ccc2c(O)n(C[C@@H]3CCCO3)c(O)c2c1)c1cccc([N+](=O)[O-])c1. The number of nitro benzene ring substituents is 1. The number of rotatable bonds is 5. The predicted octanol–water partition coefficient (Wildman–Crippen LogP) is 3.57. The van der Waals surface area contributed by atoms with Gasteiger partial charge in [0.15, 0.2) is 0 Å². The molecule has 3 aromatic rings. The predicted molar refractivity (Wildman–Crippen MR) is 111 cm³/mol. The summed E-state index contributed by atoms with van der Waals surface area (Å²) in [6, 6.07) is 9.10. The van der Waals surface area contributed by atoms with E-state index in [4.69, 9.17) is 4.74 Å². The quantitative estimate of drug-likeness (QED) is 0.350. The van der Waals surface area contributed by atoms with Gasteiger partial charge in [-0.3, -0.25) is 24.3 Å². The van der Waals surface area contributed by atoms with Crippen molar-refractivity contribution in [3.63, 3.8) is 0 Å². The van der Waals surface area contributed by atoms with Crippen molar-refractivity contribution in [2.75, 3.05) is 6.61 Å². The minimum absolute atomic E-state index is 0.0395. The number of aromatic hydroxyl groups is 2. The molecule has 164 valence electrons. The maximum Gasteiger partial charge on any atom is 0.295 e. The average molecular weight is 438 g/mol. The van der Waals surface area contributed by atoms with Crippen LogP contribution in [0.1, 0.15) is 33.6 Å². The lowest BCUT2D eigenvalue weighted by Gasteiger charge is -2.12. The Morgan fingerprint density at radius 3 is 2.41 bits per heavy atom. The molecule has 0 aliphatic carbocycles. The summed E-state index contributed by atoms with van der Waals surface area (Å²) in [6.45, 7) is 0.902. The number of hydrogen-bond acceptors (Lipinski definition) is 7. The molecule has 11 nitrogen and oxygen atoms in total. The van der Waals surface area contributed by atoms with Gasteiger partial charge in [-0.15, -0.1) is 10.2 Å². The molecule has 4 rings (SSSR count). The van der Waals surface area contributed by atoms with Gasteiger partial charge in [0.25, 0.3) is 17.5 Å². The second-order valence-electron chi connectivity index (χ2n) is 7.27. The Labute approximate surface area is 180 Å². The number of amides is 2. The van der Waals surface area contributed by atoms with Crippen LogP contribution in [0.4, 0.5) is 5.69 Å². The third-order valence-corrected chi connectivity index (χ3v) is 5.21. The second kappa shape index (κ2) is 8.55. The van der Waals surface area contributed by atoms with E-state index in [1.807, 2.05) is 0 Å². The lowest BCUT2D eigenvalue weighted by molar-refractivity contribution is -0.384. The molecule has 0 saturated carbocycles. The first-order valence-electron chi connectivity index (χ1n) is 9.76. The molecule has 1 aliphatic rings. The Bertz CT molecular complexity index is 1260. The third-order valence-electron chi connectivity index (χ3n) is 5.21. The highest BCUT2D eigenvalue weighted by atomic mass is 16.6. The molecule has 0 spiro atoms. The molecule has 2 amide bonds.